The summed E-state index contributed by atoms with van der Waals surface area (Å²) in [5.74, 6) is 0.346. The fourth-order valence-electron chi connectivity index (χ4n) is 3.70. The summed E-state index contributed by atoms with van der Waals surface area (Å²) >= 11 is 5.92. The predicted molar refractivity (Wildman–Crippen MR) is 115 cm³/mol. The minimum atomic E-state index is -4.46. The van der Waals surface area contributed by atoms with Crippen molar-refractivity contribution >= 4 is 34.3 Å². The molecular weight excluding hydrogens is 443 g/mol. The highest BCUT2D eigenvalue weighted by atomic mass is 35.5. The molecule has 4 aromatic rings. The zero-order valence-corrected chi connectivity index (χ0v) is 17.2. The van der Waals surface area contributed by atoms with Gasteiger partial charge in [-0.2, -0.15) is 23.3 Å². The van der Waals surface area contributed by atoms with Gasteiger partial charge < -0.3 is 5.32 Å². The normalized spacial score (nSPS) is 13.3. The predicted octanol–water partition coefficient (Wildman–Crippen LogP) is 4.78. The van der Waals surface area contributed by atoms with E-state index in [-0.39, 0.29) is 0 Å². The Balaban J connectivity index is 1.55. The first kappa shape index (κ1) is 20.3. The molecule has 0 radical (unpaired) electrons. The van der Waals surface area contributed by atoms with Gasteiger partial charge in [0, 0.05) is 23.7 Å². The van der Waals surface area contributed by atoms with E-state index in [9.17, 15) is 18.0 Å². The summed E-state index contributed by atoms with van der Waals surface area (Å²) in [6.07, 6.45) is -1.31. The maximum Gasteiger partial charge on any atom is 0.416 e. The average Bonchev–Trinajstić information content (AvgIpc) is 3.22. The lowest BCUT2D eigenvalue weighted by Crippen LogP contribution is -2.23. The molecule has 32 heavy (non-hydrogen) atoms. The van der Waals surface area contributed by atoms with E-state index in [0.717, 1.165) is 17.7 Å². The van der Waals surface area contributed by atoms with Crippen molar-refractivity contribution in [1.29, 1.82) is 0 Å². The molecule has 0 amide bonds. The maximum absolute atomic E-state index is 13.2. The summed E-state index contributed by atoms with van der Waals surface area (Å²) in [6, 6.07) is 12.3. The smallest absolute Gasteiger partial charge is 0.351 e. The van der Waals surface area contributed by atoms with Gasteiger partial charge in [0.1, 0.15) is 5.39 Å². The maximum atomic E-state index is 13.2. The lowest BCUT2D eigenvalue weighted by atomic mass is 10.1. The van der Waals surface area contributed by atoms with Gasteiger partial charge in [-0.3, -0.25) is 9.36 Å². The van der Waals surface area contributed by atoms with Crippen LogP contribution in [0.25, 0.3) is 16.7 Å². The molecule has 0 saturated heterocycles. The van der Waals surface area contributed by atoms with Crippen LogP contribution in [-0.4, -0.2) is 19.3 Å². The van der Waals surface area contributed by atoms with E-state index in [2.05, 4.69) is 15.4 Å². The molecule has 0 bridgehead atoms. The number of benzene rings is 2. The highest BCUT2D eigenvalue weighted by molar-refractivity contribution is 6.30. The first-order valence-corrected chi connectivity index (χ1v) is 10.0. The van der Waals surface area contributed by atoms with Crippen molar-refractivity contribution < 1.29 is 13.2 Å². The van der Waals surface area contributed by atoms with Gasteiger partial charge in [-0.15, -0.1) is 0 Å². The van der Waals surface area contributed by atoms with Crippen molar-refractivity contribution in [1.82, 2.24) is 19.3 Å². The molecule has 10 heteroatoms. The van der Waals surface area contributed by atoms with Crippen molar-refractivity contribution in [2.45, 2.75) is 19.3 Å². The van der Waals surface area contributed by atoms with E-state index in [4.69, 9.17) is 11.6 Å². The first-order chi connectivity index (χ1) is 15.3. The summed E-state index contributed by atoms with van der Waals surface area (Å²) in [5.41, 5.74) is 1.03. The topological polar surface area (TPSA) is 64.7 Å². The molecule has 6 nitrogen and oxygen atoms in total. The summed E-state index contributed by atoms with van der Waals surface area (Å²) in [7, 11) is 0. The highest BCUT2D eigenvalue weighted by Crippen LogP contribution is 2.33. The molecule has 0 atom stereocenters. The van der Waals surface area contributed by atoms with E-state index in [0.29, 0.717) is 46.4 Å². The third-order valence-corrected chi connectivity index (χ3v) is 5.49. The molecule has 0 saturated carbocycles. The monoisotopic (exact) mass is 457 g/mol. The van der Waals surface area contributed by atoms with Crippen molar-refractivity contribution in [3.05, 3.63) is 92.9 Å². The fraction of sp³-hybridized carbons (Fsp3) is 0.136. The van der Waals surface area contributed by atoms with Crippen LogP contribution in [-0.2, 0) is 19.3 Å². The van der Waals surface area contributed by atoms with Crippen molar-refractivity contribution in [2.24, 2.45) is 0 Å². The zero-order chi connectivity index (χ0) is 22.5. The lowest BCUT2D eigenvalue weighted by molar-refractivity contribution is -0.137. The van der Waals surface area contributed by atoms with Gasteiger partial charge in [0.05, 0.1) is 17.5 Å². The molecule has 0 aliphatic carbocycles. The summed E-state index contributed by atoms with van der Waals surface area (Å²) in [6.45, 7) is 0.720. The van der Waals surface area contributed by atoms with Gasteiger partial charge in [0.25, 0.3) is 5.56 Å². The van der Waals surface area contributed by atoms with Crippen molar-refractivity contribution in [2.75, 3.05) is 5.32 Å². The summed E-state index contributed by atoms with van der Waals surface area (Å²) in [5, 5.41) is 8.34. The third kappa shape index (κ3) is 3.54. The van der Waals surface area contributed by atoms with E-state index in [1.807, 2.05) is 12.1 Å². The number of hydrogen-bond acceptors (Lipinski definition) is 4. The number of halogens is 4. The van der Waals surface area contributed by atoms with Gasteiger partial charge in [-0.05, 0) is 35.9 Å². The molecule has 1 aliphatic heterocycles. The van der Waals surface area contributed by atoms with Crippen LogP contribution in [0.2, 0.25) is 5.02 Å². The van der Waals surface area contributed by atoms with Crippen LogP contribution in [0.1, 0.15) is 16.7 Å². The third-order valence-electron chi connectivity index (χ3n) is 5.24. The lowest BCUT2D eigenvalue weighted by Gasteiger charge is -2.21. The standard InChI is InChI=1S/C22H15ClF3N5O/c23-16-6-4-13(5-7-16)11-27-21-29-19(32)17-12-28-31-18(8-9-30(21)20(17)31)14-2-1-3-15(10-14)22(24,25)26/h1-8,10,12H,9,11H2,(H,27,29,32). The molecule has 0 unspecified atom stereocenters. The van der Waals surface area contributed by atoms with E-state index in [1.54, 1.807) is 28.8 Å². The van der Waals surface area contributed by atoms with Crippen LogP contribution in [0.3, 0.4) is 0 Å². The van der Waals surface area contributed by atoms with Gasteiger partial charge in [-0.25, -0.2) is 4.68 Å². The van der Waals surface area contributed by atoms with Crippen LogP contribution in [0, 0.1) is 0 Å². The average molecular weight is 458 g/mol. The van der Waals surface area contributed by atoms with Crippen LogP contribution in [0.4, 0.5) is 19.1 Å². The second kappa shape index (κ2) is 7.52. The Hall–Kier alpha value is -3.59. The Morgan fingerprint density at radius 2 is 1.91 bits per heavy atom. The molecule has 0 fully saturated rings. The quantitative estimate of drug-likeness (QED) is 0.479. The van der Waals surface area contributed by atoms with E-state index >= 15 is 0 Å². The zero-order valence-electron chi connectivity index (χ0n) is 16.4. The number of rotatable bonds is 4. The number of aromatic nitrogens is 4. The Labute approximate surface area is 184 Å². The van der Waals surface area contributed by atoms with Crippen LogP contribution in [0.5, 0.6) is 0 Å². The van der Waals surface area contributed by atoms with E-state index < -0.39 is 17.3 Å². The molecule has 2 aromatic carbocycles. The summed E-state index contributed by atoms with van der Waals surface area (Å²) < 4.78 is 42.8. The Bertz CT molecular complexity index is 1420. The number of nitrogens with one attached hydrogen (secondary N) is 1. The molecule has 2 aromatic heterocycles. The number of anilines is 1. The second-order valence-corrected chi connectivity index (χ2v) is 7.73. The molecule has 1 N–H and O–H groups in total. The Morgan fingerprint density at radius 1 is 1.12 bits per heavy atom. The number of allylic oxidation sites excluding steroid dienone is 1. The summed E-state index contributed by atoms with van der Waals surface area (Å²) in [4.78, 5) is 16.7. The minimum Gasteiger partial charge on any atom is -0.351 e. The Kier molecular flexibility index (Phi) is 4.78. The molecule has 5 rings (SSSR count). The molecule has 3 heterocycles. The van der Waals surface area contributed by atoms with Gasteiger partial charge >= 0.3 is 6.18 Å². The van der Waals surface area contributed by atoms with Crippen LogP contribution >= 0.6 is 11.6 Å². The van der Waals surface area contributed by atoms with E-state index in [1.165, 1.54) is 16.9 Å². The molecule has 1 aliphatic rings. The SMILES string of the molecule is O=c1nc(NCc2ccc(Cl)cc2)n2c3c1cnn3C(c1cccc(C(F)(F)F)c1)=CC2. The first-order valence-electron chi connectivity index (χ1n) is 9.66. The van der Waals surface area contributed by atoms with Gasteiger partial charge in [0.15, 0.2) is 5.65 Å². The Morgan fingerprint density at radius 3 is 2.66 bits per heavy atom. The second-order valence-electron chi connectivity index (χ2n) is 7.29. The molecule has 162 valence electrons. The van der Waals surface area contributed by atoms with Crippen LogP contribution < -0.4 is 10.9 Å². The van der Waals surface area contributed by atoms with Crippen molar-refractivity contribution in [3.8, 4) is 0 Å². The van der Waals surface area contributed by atoms with Crippen molar-refractivity contribution in [3.63, 3.8) is 0 Å². The minimum absolute atomic E-state index is 0.291. The largest absolute Gasteiger partial charge is 0.416 e. The van der Waals surface area contributed by atoms with Gasteiger partial charge in [-0.1, -0.05) is 35.9 Å². The number of alkyl halides is 3. The number of hydrogen-bond donors (Lipinski definition) is 1. The fourth-order valence-corrected chi connectivity index (χ4v) is 3.82. The molecule has 0 spiro atoms. The number of nitrogens with zero attached hydrogens (tertiary/aromatic N) is 4. The van der Waals surface area contributed by atoms with Crippen LogP contribution in [0.15, 0.2) is 65.6 Å². The highest BCUT2D eigenvalue weighted by Gasteiger charge is 2.31. The molecular formula is C22H15ClF3N5O. The van der Waals surface area contributed by atoms with Gasteiger partial charge in [0.2, 0.25) is 5.95 Å².